The molecule has 1 aromatic carbocycles. The molecular weight excluding hydrogens is 286 g/mol. The lowest BCUT2D eigenvalue weighted by Crippen LogP contribution is -2.11. The number of furan rings is 1. The fraction of sp³-hybridized carbons (Fsp3) is 0.0833. The summed E-state index contributed by atoms with van der Waals surface area (Å²) in [5, 5.41) is 12.3. The van der Waals surface area contributed by atoms with E-state index in [0.717, 1.165) is 5.56 Å². The van der Waals surface area contributed by atoms with Gasteiger partial charge in [0.05, 0.1) is 17.5 Å². The first-order chi connectivity index (χ1) is 8.08. The van der Waals surface area contributed by atoms with E-state index in [-0.39, 0.29) is 11.7 Å². The number of aromatic hydroxyl groups is 1. The van der Waals surface area contributed by atoms with E-state index in [4.69, 9.17) is 4.42 Å². The molecular formula is C12H10BrNO3. The zero-order valence-corrected chi connectivity index (χ0v) is 10.6. The second kappa shape index (κ2) is 4.63. The lowest BCUT2D eigenvalue weighted by atomic mass is 10.2. The monoisotopic (exact) mass is 295 g/mol. The van der Waals surface area contributed by atoms with Gasteiger partial charge in [0.25, 0.3) is 5.91 Å². The summed E-state index contributed by atoms with van der Waals surface area (Å²) in [6.45, 7) is 1.86. The third kappa shape index (κ3) is 2.50. The van der Waals surface area contributed by atoms with Gasteiger partial charge in [-0.2, -0.15) is 0 Å². The van der Waals surface area contributed by atoms with E-state index in [1.165, 1.54) is 6.26 Å². The van der Waals surface area contributed by atoms with Gasteiger partial charge in [0.15, 0.2) is 4.67 Å². The molecule has 0 aliphatic rings. The van der Waals surface area contributed by atoms with E-state index >= 15 is 0 Å². The number of hydrogen-bond donors (Lipinski definition) is 2. The van der Waals surface area contributed by atoms with E-state index in [1.807, 2.05) is 6.92 Å². The Bertz CT molecular complexity index is 563. The summed E-state index contributed by atoms with van der Waals surface area (Å²) in [6.07, 6.45) is 1.41. The summed E-state index contributed by atoms with van der Waals surface area (Å²) in [4.78, 5) is 11.8. The third-order valence-corrected chi connectivity index (χ3v) is 2.88. The van der Waals surface area contributed by atoms with Gasteiger partial charge in [0.1, 0.15) is 5.75 Å². The molecule has 1 aromatic heterocycles. The van der Waals surface area contributed by atoms with Crippen LogP contribution in [0.3, 0.4) is 0 Å². The average Bonchev–Trinajstić information content (AvgIpc) is 2.68. The Morgan fingerprint density at radius 3 is 2.76 bits per heavy atom. The number of hydrogen-bond acceptors (Lipinski definition) is 3. The van der Waals surface area contributed by atoms with Crippen molar-refractivity contribution in [3.63, 3.8) is 0 Å². The molecule has 2 rings (SSSR count). The molecule has 0 spiro atoms. The highest BCUT2D eigenvalue weighted by molar-refractivity contribution is 9.10. The molecule has 0 unspecified atom stereocenters. The second-order valence-electron chi connectivity index (χ2n) is 3.58. The number of phenols is 1. The SMILES string of the molecule is Cc1ccc(NC(=O)c2ccoc2Br)c(O)c1. The number of benzene rings is 1. The molecule has 2 aromatic rings. The average molecular weight is 296 g/mol. The lowest BCUT2D eigenvalue weighted by molar-refractivity contribution is 0.102. The van der Waals surface area contributed by atoms with Crippen LogP contribution in [-0.4, -0.2) is 11.0 Å². The fourth-order valence-electron chi connectivity index (χ4n) is 1.39. The van der Waals surface area contributed by atoms with Crippen LogP contribution in [0.1, 0.15) is 15.9 Å². The third-order valence-electron chi connectivity index (χ3n) is 2.26. The number of rotatable bonds is 2. The van der Waals surface area contributed by atoms with Crippen LogP contribution in [0.5, 0.6) is 5.75 Å². The first-order valence-electron chi connectivity index (χ1n) is 4.92. The fourth-order valence-corrected chi connectivity index (χ4v) is 1.81. The standard InChI is InChI=1S/C12H10BrNO3/c1-7-2-3-9(10(15)6-7)14-12(16)8-4-5-17-11(8)13/h2-6,15H,1H3,(H,14,16). The van der Waals surface area contributed by atoms with Crippen molar-refractivity contribution in [2.24, 2.45) is 0 Å². The number of halogens is 1. The Morgan fingerprint density at radius 1 is 1.41 bits per heavy atom. The van der Waals surface area contributed by atoms with Crippen LogP contribution in [-0.2, 0) is 0 Å². The number of aryl methyl sites for hydroxylation is 1. The molecule has 0 atom stereocenters. The number of amides is 1. The summed E-state index contributed by atoms with van der Waals surface area (Å²) in [7, 11) is 0. The number of nitrogens with one attached hydrogen (secondary N) is 1. The molecule has 0 aliphatic carbocycles. The molecule has 0 aliphatic heterocycles. The number of carbonyl (C=O) groups is 1. The molecule has 4 nitrogen and oxygen atoms in total. The molecule has 5 heteroatoms. The van der Waals surface area contributed by atoms with Crippen molar-refractivity contribution in [1.82, 2.24) is 0 Å². The van der Waals surface area contributed by atoms with Gasteiger partial charge in [-0.15, -0.1) is 0 Å². The summed E-state index contributed by atoms with van der Waals surface area (Å²) in [5.74, 6) is -0.303. The highest BCUT2D eigenvalue weighted by Gasteiger charge is 2.14. The molecule has 0 fully saturated rings. The zero-order valence-electron chi connectivity index (χ0n) is 9.03. The number of phenolic OH excluding ortho intramolecular Hbond substituents is 1. The van der Waals surface area contributed by atoms with E-state index in [1.54, 1.807) is 24.3 Å². The van der Waals surface area contributed by atoms with Crippen LogP contribution < -0.4 is 5.32 Å². The summed E-state index contributed by atoms with van der Waals surface area (Å²) >= 11 is 3.12. The smallest absolute Gasteiger partial charge is 0.260 e. The Morgan fingerprint density at radius 2 is 2.18 bits per heavy atom. The minimum atomic E-state index is -0.343. The minimum absolute atomic E-state index is 0.0398. The van der Waals surface area contributed by atoms with Crippen molar-refractivity contribution < 1.29 is 14.3 Å². The van der Waals surface area contributed by atoms with Gasteiger partial charge in [-0.25, -0.2) is 0 Å². The Hall–Kier alpha value is -1.75. The highest BCUT2D eigenvalue weighted by atomic mass is 79.9. The summed E-state index contributed by atoms with van der Waals surface area (Å²) < 4.78 is 5.33. The van der Waals surface area contributed by atoms with Crippen LogP contribution in [0.4, 0.5) is 5.69 Å². The maximum absolute atomic E-state index is 11.8. The molecule has 0 saturated carbocycles. The first kappa shape index (κ1) is 11.7. The second-order valence-corrected chi connectivity index (χ2v) is 4.30. The number of carbonyl (C=O) groups excluding carboxylic acids is 1. The van der Waals surface area contributed by atoms with Crippen molar-refractivity contribution in [3.8, 4) is 5.75 Å². The van der Waals surface area contributed by atoms with Gasteiger partial charge < -0.3 is 14.8 Å². The van der Waals surface area contributed by atoms with Gasteiger partial charge >= 0.3 is 0 Å². The van der Waals surface area contributed by atoms with Crippen LogP contribution in [0, 0.1) is 6.92 Å². The van der Waals surface area contributed by atoms with Crippen molar-refractivity contribution in [1.29, 1.82) is 0 Å². The quantitative estimate of drug-likeness (QED) is 0.836. The van der Waals surface area contributed by atoms with E-state index in [2.05, 4.69) is 21.2 Å². The zero-order chi connectivity index (χ0) is 12.4. The molecule has 0 saturated heterocycles. The highest BCUT2D eigenvalue weighted by Crippen LogP contribution is 2.25. The Balaban J connectivity index is 2.22. The summed E-state index contributed by atoms with van der Waals surface area (Å²) in [6, 6.07) is 6.58. The van der Waals surface area contributed by atoms with Crippen molar-refractivity contribution in [3.05, 3.63) is 46.3 Å². The normalized spacial score (nSPS) is 10.2. The van der Waals surface area contributed by atoms with Crippen LogP contribution in [0.25, 0.3) is 0 Å². The van der Waals surface area contributed by atoms with Crippen molar-refractivity contribution >= 4 is 27.5 Å². The van der Waals surface area contributed by atoms with Crippen LogP contribution in [0.15, 0.2) is 39.6 Å². The maximum Gasteiger partial charge on any atom is 0.260 e. The van der Waals surface area contributed by atoms with Gasteiger partial charge in [-0.05, 0) is 46.6 Å². The number of anilines is 1. The molecule has 2 N–H and O–H groups in total. The molecule has 1 amide bonds. The molecule has 0 bridgehead atoms. The molecule has 0 radical (unpaired) electrons. The molecule has 1 heterocycles. The van der Waals surface area contributed by atoms with E-state index < -0.39 is 0 Å². The largest absolute Gasteiger partial charge is 0.506 e. The summed E-state index contributed by atoms with van der Waals surface area (Å²) in [5.41, 5.74) is 1.67. The van der Waals surface area contributed by atoms with E-state index in [0.29, 0.717) is 15.9 Å². The van der Waals surface area contributed by atoms with Crippen molar-refractivity contribution in [2.45, 2.75) is 6.92 Å². The first-order valence-corrected chi connectivity index (χ1v) is 5.71. The molecule has 88 valence electrons. The van der Waals surface area contributed by atoms with Gasteiger partial charge in [0, 0.05) is 0 Å². The topological polar surface area (TPSA) is 62.5 Å². The maximum atomic E-state index is 11.8. The van der Waals surface area contributed by atoms with Gasteiger partial charge in [-0.3, -0.25) is 4.79 Å². The minimum Gasteiger partial charge on any atom is -0.506 e. The Labute approximate surface area is 106 Å². The van der Waals surface area contributed by atoms with Crippen molar-refractivity contribution in [2.75, 3.05) is 5.32 Å². The van der Waals surface area contributed by atoms with E-state index in [9.17, 15) is 9.90 Å². The lowest BCUT2D eigenvalue weighted by Gasteiger charge is -2.06. The Kier molecular flexibility index (Phi) is 3.19. The van der Waals surface area contributed by atoms with Crippen LogP contribution in [0.2, 0.25) is 0 Å². The molecule has 17 heavy (non-hydrogen) atoms. The van der Waals surface area contributed by atoms with Gasteiger partial charge in [0.2, 0.25) is 0 Å². The van der Waals surface area contributed by atoms with Gasteiger partial charge in [-0.1, -0.05) is 6.07 Å². The predicted octanol–water partition coefficient (Wildman–Crippen LogP) is 3.31. The van der Waals surface area contributed by atoms with Crippen LogP contribution >= 0.6 is 15.9 Å². The predicted molar refractivity (Wildman–Crippen MR) is 67.2 cm³/mol.